The topological polar surface area (TPSA) is 73.5 Å². The van der Waals surface area contributed by atoms with Crippen LogP contribution >= 0.6 is 11.3 Å². The summed E-state index contributed by atoms with van der Waals surface area (Å²) in [6.07, 6.45) is 1.03. The number of nitrogens with one attached hydrogen (secondary N) is 3. The van der Waals surface area contributed by atoms with Crippen LogP contribution in [0.25, 0.3) is 0 Å². The van der Waals surface area contributed by atoms with Crippen LogP contribution in [-0.4, -0.2) is 36.0 Å². The highest BCUT2D eigenvalue weighted by molar-refractivity contribution is 7.09. The van der Waals surface area contributed by atoms with E-state index in [1.165, 1.54) is 11.1 Å². The van der Waals surface area contributed by atoms with Gasteiger partial charge in [-0.1, -0.05) is 57.2 Å². The molecule has 0 fully saturated rings. The lowest BCUT2D eigenvalue weighted by atomic mass is 9.86. The number of fused-ring (bicyclic) bond motifs is 1. The van der Waals surface area contributed by atoms with E-state index < -0.39 is 0 Å². The number of rotatable bonds is 7. The smallest absolute Gasteiger partial charge is 0.319 e. The van der Waals surface area contributed by atoms with Gasteiger partial charge >= 0.3 is 6.03 Å². The molecule has 6 nitrogen and oxygen atoms in total. The summed E-state index contributed by atoms with van der Waals surface area (Å²) in [4.78, 5) is 29.0. The van der Waals surface area contributed by atoms with Gasteiger partial charge in [0.1, 0.15) is 0 Å². The first kappa shape index (κ1) is 24.9. The summed E-state index contributed by atoms with van der Waals surface area (Å²) in [5, 5.41) is 11.0. The Morgan fingerprint density at radius 1 is 1.03 bits per heavy atom. The molecule has 1 aliphatic heterocycles. The number of urea groups is 1. The molecule has 2 aromatic carbocycles. The van der Waals surface area contributed by atoms with E-state index in [-0.39, 0.29) is 23.4 Å². The minimum atomic E-state index is -0.265. The van der Waals surface area contributed by atoms with Crippen LogP contribution in [0.3, 0.4) is 0 Å². The summed E-state index contributed by atoms with van der Waals surface area (Å²) >= 11 is 1.60. The maximum absolute atomic E-state index is 12.9. The maximum atomic E-state index is 12.9. The summed E-state index contributed by atoms with van der Waals surface area (Å²) in [5.74, 6) is -0.166. The van der Waals surface area contributed by atoms with Gasteiger partial charge in [0.15, 0.2) is 0 Å². The van der Waals surface area contributed by atoms with Gasteiger partial charge in [-0.05, 0) is 52.6 Å². The third-order valence-electron chi connectivity index (χ3n) is 6.39. The van der Waals surface area contributed by atoms with Crippen molar-refractivity contribution in [1.82, 2.24) is 15.5 Å². The molecule has 0 bridgehead atoms. The Hall–Kier alpha value is -3.16. The molecule has 3 aromatic rings. The van der Waals surface area contributed by atoms with Crippen LogP contribution in [-0.2, 0) is 19.5 Å². The zero-order valence-electron chi connectivity index (χ0n) is 20.6. The van der Waals surface area contributed by atoms with Gasteiger partial charge in [0, 0.05) is 41.8 Å². The molecule has 0 saturated carbocycles. The van der Waals surface area contributed by atoms with E-state index in [2.05, 4.69) is 65.9 Å². The molecule has 0 saturated heterocycles. The summed E-state index contributed by atoms with van der Waals surface area (Å²) < 4.78 is 0. The van der Waals surface area contributed by atoms with E-state index in [1.807, 2.05) is 17.5 Å². The van der Waals surface area contributed by atoms with Crippen molar-refractivity contribution in [2.75, 3.05) is 18.4 Å². The van der Waals surface area contributed by atoms with Crippen LogP contribution in [0.1, 0.15) is 47.1 Å². The van der Waals surface area contributed by atoms with Gasteiger partial charge in [0.2, 0.25) is 0 Å². The molecule has 0 radical (unpaired) electrons. The van der Waals surface area contributed by atoms with Crippen LogP contribution in [0.4, 0.5) is 10.5 Å². The first-order valence-corrected chi connectivity index (χ1v) is 12.9. The first-order chi connectivity index (χ1) is 16.8. The molecule has 0 aliphatic carbocycles. The normalized spacial score (nSPS) is 14.6. The van der Waals surface area contributed by atoms with Crippen molar-refractivity contribution in [3.8, 4) is 0 Å². The monoisotopic (exact) mass is 490 g/mol. The van der Waals surface area contributed by atoms with Gasteiger partial charge in [0.05, 0.1) is 6.54 Å². The molecule has 7 heteroatoms. The third-order valence-corrected chi connectivity index (χ3v) is 7.26. The average Bonchev–Trinajstić information content (AvgIpc) is 3.35. The Labute approximate surface area is 211 Å². The quantitative estimate of drug-likeness (QED) is 0.422. The Morgan fingerprint density at radius 3 is 2.57 bits per heavy atom. The third kappa shape index (κ3) is 6.93. The first-order valence-electron chi connectivity index (χ1n) is 12.1. The maximum Gasteiger partial charge on any atom is 0.319 e. The number of benzene rings is 2. The van der Waals surface area contributed by atoms with Gasteiger partial charge in [-0.15, -0.1) is 11.3 Å². The van der Waals surface area contributed by atoms with Crippen LogP contribution < -0.4 is 16.0 Å². The van der Waals surface area contributed by atoms with Gasteiger partial charge in [0.25, 0.3) is 5.91 Å². The van der Waals surface area contributed by atoms with E-state index in [0.29, 0.717) is 17.8 Å². The van der Waals surface area contributed by atoms with Gasteiger partial charge < -0.3 is 16.0 Å². The van der Waals surface area contributed by atoms with E-state index in [1.54, 1.807) is 35.6 Å². The van der Waals surface area contributed by atoms with E-state index in [9.17, 15) is 9.59 Å². The summed E-state index contributed by atoms with van der Waals surface area (Å²) in [7, 11) is 0. The Kier molecular flexibility index (Phi) is 7.88. The number of carbonyl (C=O) groups excluding carboxylic acids is 2. The van der Waals surface area contributed by atoms with Gasteiger partial charge in [-0.25, -0.2) is 4.79 Å². The predicted molar refractivity (Wildman–Crippen MR) is 143 cm³/mol. The number of amides is 3. The van der Waals surface area contributed by atoms with E-state index in [0.717, 1.165) is 30.9 Å². The van der Waals surface area contributed by atoms with Crippen molar-refractivity contribution in [3.05, 3.63) is 87.6 Å². The number of hydrogen-bond acceptors (Lipinski definition) is 4. The summed E-state index contributed by atoms with van der Waals surface area (Å²) in [6.45, 7) is 9.58. The fourth-order valence-electron chi connectivity index (χ4n) is 4.25. The molecule has 3 amide bonds. The van der Waals surface area contributed by atoms with Crippen molar-refractivity contribution in [2.45, 2.75) is 46.3 Å². The van der Waals surface area contributed by atoms with Crippen molar-refractivity contribution < 1.29 is 9.59 Å². The number of carbonyl (C=O) groups is 2. The minimum absolute atomic E-state index is 0.0370. The predicted octanol–water partition coefficient (Wildman–Crippen LogP) is 5.27. The Balaban J connectivity index is 1.35. The van der Waals surface area contributed by atoms with E-state index >= 15 is 0 Å². The lowest BCUT2D eigenvalue weighted by Gasteiger charge is -2.37. The molecule has 35 heavy (non-hydrogen) atoms. The lowest BCUT2D eigenvalue weighted by molar-refractivity contribution is 0.0951. The molecule has 2 heterocycles. The SMILES string of the molecule is CC(C)(C)C(CN1CCc2ccccc2C1)NC(=O)Nc1cccc(C(=O)NCc2cccs2)c1. The number of thiophene rings is 1. The molecular weight excluding hydrogens is 456 g/mol. The summed E-state index contributed by atoms with van der Waals surface area (Å²) in [5.41, 5.74) is 3.77. The molecule has 4 rings (SSSR count). The Morgan fingerprint density at radius 2 is 1.83 bits per heavy atom. The zero-order chi connectivity index (χ0) is 24.8. The second kappa shape index (κ2) is 11.1. The van der Waals surface area contributed by atoms with Crippen molar-refractivity contribution in [3.63, 3.8) is 0 Å². The Bertz CT molecular complexity index is 1150. The standard InChI is InChI=1S/C28H34N4O2S/c1-28(2,3)25(19-32-14-13-20-8-4-5-9-22(20)18-32)31-27(34)30-23-11-6-10-21(16-23)26(33)29-17-24-12-7-15-35-24/h4-12,15-16,25H,13-14,17-19H2,1-3H3,(H,29,33)(H2,30,31,34). The highest BCUT2D eigenvalue weighted by Gasteiger charge is 2.29. The van der Waals surface area contributed by atoms with Crippen LogP contribution in [0.2, 0.25) is 0 Å². The van der Waals surface area contributed by atoms with Crippen LogP contribution in [0.5, 0.6) is 0 Å². The number of anilines is 1. The fraction of sp³-hybridized carbons (Fsp3) is 0.357. The van der Waals surface area contributed by atoms with Crippen molar-refractivity contribution in [2.24, 2.45) is 5.41 Å². The summed E-state index contributed by atoms with van der Waals surface area (Å²) in [6, 6.07) is 19.3. The van der Waals surface area contributed by atoms with Crippen molar-refractivity contribution >= 4 is 29.0 Å². The van der Waals surface area contributed by atoms with Crippen molar-refractivity contribution in [1.29, 1.82) is 0 Å². The highest BCUT2D eigenvalue weighted by atomic mass is 32.1. The lowest BCUT2D eigenvalue weighted by Crippen LogP contribution is -2.52. The minimum Gasteiger partial charge on any atom is -0.347 e. The number of hydrogen-bond donors (Lipinski definition) is 3. The van der Waals surface area contributed by atoms with Crippen LogP contribution in [0.15, 0.2) is 66.0 Å². The second-order valence-electron chi connectivity index (χ2n) is 10.1. The van der Waals surface area contributed by atoms with Gasteiger partial charge in [-0.2, -0.15) is 0 Å². The van der Waals surface area contributed by atoms with Crippen LogP contribution in [0, 0.1) is 5.41 Å². The second-order valence-corrected chi connectivity index (χ2v) is 11.1. The molecule has 3 N–H and O–H groups in total. The fourth-order valence-corrected chi connectivity index (χ4v) is 4.90. The molecular formula is C28H34N4O2S. The highest BCUT2D eigenvalue weighted by Crippen LogP contribution is 2.24. The molecule has 0 spiro atoms. The average molecular weight is 491 g/mol. The molecule has 184 valence electrons. The zero-order valence-corrected chi connectivity index (χ0v) is 21.5. The van der Waals surface area contributed by atoms with Gasteiger partial charge in [-0.3, -0.25) is 9.69 Å². The largest absolute Gasteiger partial charge is 0.347 e. The molecule has 1 atom stereocenters. The molecule has 1 aromatic heterocycles. The molecule has 1 unspecified atom stereocenters. The van der Waals surface area contributed by atoms with E-state index in [4.69, 9.17) is 0 Å². The molecule has 1 aliphatic rings. The number of nitrogens with zero attached hydrogens (tertiary/aromatic N) is 1.